The van der Waals surface area contributed by atoms with E-state index in [0.717, 1.165) is 13.0 Å². The van der Waals surface area contributed by atoms with Crippen molar-refractivity contribution < 1.29 is 44.8 Å². The van der Waals surface area contributed by atoms with Crippen molar-refractivity contribution in [2.75, 3.05) is 6.61 Å². The lowest BCUT2D eigenvalue weighted by Gasteiger charge is -2.20. The molecule has 0 aromatic heterocycles. The van der Waals surface area contributed by atoms with E-state index in [2.05, 4.69) is 8.92 Å². The summed E-state index contributed by atoms with van der Waals surface area (Å²) in [5.41, 5.74) is -7.00. The van der Waals surface area contributed by atoms with Crippen LogP contribution in [0.5, 0.6) is 5.75 Å². The van der Waals surface area contributed by atoms with Gasteiger partial charge in [-0.15, -0.1) is 0 Å². The highest BCUT2D eigenvalue weighted by Crippen LogP contribution is 2.41. The second kappa shape index (κ2) is 7.31. The minimum atomic E-state index is -6.15. The van der Waals surface area contributed by atoms with Gasteiger partial charge in [-0.05, 0) is 19.4 Å². The third kappa shape index (κ3) is 3.83. The van der Waals surface area contributed by atoms with Gasteiger partial charge in [0.2, 0.25) is 0 Å². The monoisotopic (exact) mass is 410 g/mol. The van der Waals surface area contributed by atoms with Crippen molar-refractivity contribution in [2.45, 2.75) is 25.5 Å². The third-order valence-corrected chi connectivity index (χ3v) is 4.60. The van der Waals surface area contributed by atoms with Gasteiger partial charge in [0.1, 0.15) is 5.82 Å². The molecule has 0 saturated heterocycles. The summed E-state index contributed by atoms with van der Waals surface area (Å²) < 4.78 is 84.7. The summed E-state index contributed by atoms with van der Waals surface area (Å²) in [4.78, 5) is 11.8. The zero-order chi connectivity index (χ0) is 20.6. The Morgan fingerprint density at radius 1 is 1.22 bits per heavy atom. The molecule has 0 saturated carbocycles. The molecule has 0 aliphatic carbocycles. The van der Waals surface area contributed by atoms with Crippen LogP contribution >= 0.6 is 0 Å². The summed E-state index contributed by atoms with van der Waals surface area (Å²) >= 11 is 0. The predicted molar refractivity (Wildman–Crippen MR) is 85.8 cm³/mol. The fourth-order valence-corrected chi connectivity index (χ4v) is 2.92. The van der Waals surface area contributed by atoms with Gasteiger partial charge in [0.15, 0.2) is 11.9 Å². The van der Waals surface area contributed by atoms with Gasteiger partial charge in [0, 0.05) is 16.3 Å². The summed E-state index contributed by atoms with van der Waals surface area (Å²) in [6, 6.07) is 4.95. The second-order valence-electron chi connectivity index (χ2n) is 5.37. The lowest BCUT2D eigenvalue weighted by atomic mass is 9.95. The van der Waals surface area contributed by atoms with E-state index >= 15 is 0 Å². The summed E-state index contributed by atoms with van der Waals surface area (Å²) in [5, 5.41) is 9.55. The summed E-state index contributed by atoms with van der Waals surface area (Å²) in [6.07, 6.45) is -2.26. The Morgan fingerprint density at radius 2 is 1.78 bits per heavy atom. The first-order valence-corrected chi connectivity index (χ1v) is 8.89. The fourth-order valence-electron chi connectivity index (χ4n) is 2.42. The van der Waals surface area contributed by atoms with Gasteiger partial charge >= 0.3 is 21.6 Å². The van der Waals surface area contributed by atoms with Crippen LogP contribution in [0, 0.1) is 12.7 Å². The van der Waals surface area contributed by atoms with Crippen molar-refractivity contribution in [3.8, 4) is 5.75 Å². The van der Waals surface area contributed by atoms with Gasteiger partial charge in [-0.25, -0.2) is 9.18 Å². The van der Waals surface area contributed by atoms with E-state index in [1.54, 1.807) is 0 Å². The van der Waals surface area contributed by atoms with Crippen molar-refractivity contribution in [2.24, 2.45) is 0 Å². The summed E-state index contributed by atoms with van der Waals surface area (Å²) in [6.45, 7) is 2.29. The van der Waals surface area contributed by atoms with E-state index < -0.39 is 50.4 Å². The van der Waals surface area contributed by atoms with E-state index in [4.69, 9.17) is 0 Å². The van der Waals surface area contributed by atoms with Crippen LogP contribution < -0.4 is 4.18 Å². The van der Waals surface area contributed by atoms with Gasteiger partial charge in [-0.3, -0.25) is 0 Å². The molecule has 6 nitrogen and oxygen atoms in total. The van der Waals surface area contributed by atoms with E-state index in [9.17, 15) is 35.9 Å². The molecule has 1 N–H and O–H groups in total. The number of esters is 1. The lowest BCUT2D eigenvalue weighted by Crippen LogP contribution is -2.29. The van der Waals surface area contributed by atoms with Crippen LogP contribution in [0.1, 0.15) is 24.2 Å². The molecule has 2 aromatic rings. The maximum Gasteiger partial charge on any atom is 0.534 e. The predicted octanol–water partition coefficient (Wildman–Crippen LogP) is 3.11. The largest absolute Gasteiger partial charge is 0.534 e. The zero-order valence-corrected chi connectivity index (χ0v) is 14.8. The molecular formula is C16H14F4O6S. The topological polar surface area (TPSA) is 89.9 Å². The molecule has 0 unspecified atom stereocenters. The Morgan fingerprint density at radius 3 is 2.30 bits per heavy atom. The number of carbonyl (C=O) groups is 1. The number of hydrogen-bond acceptors (Lipinski definition) is 6. The van der Waals surface area contributed by atoms with E-state index in [-0.39, 0.29) is 17.4 Å². The fraction of sp³-hybridized carbons (Fsp3) is 0.312. The third-order valence-electron chi connectivity index (χ3n) is 3.65. The number of aliphatic hydroxyl groups excluding tert-OH is 1. The molecule has 11 heteroatoms. The minimum absolute atomic E-state index is 0.179. The highest BCUT2D eigenvalue weighted by Gasteiger charge is 2.49. The molecule has 0 bridgehead atoms. The smallest absolute Gasteiger partial charge is 0.464 e. The molecule has 0 aliphatic rings. The Bertz CT molecular complexity index is 985. The molecule has 0 fully saturated rings. The summed E-state index contributed by atoms with van der Waals surface area (Å²) in [5.74, 6) is -3.26. The number of rotatable bonds is 5. The number of halogens is 4. The van der Waals surface area contributed by atoms with Gasteiger partial charge in [-0.1, -0.05) is 24.3 Å². The van der Waals surface area contributed by atoms with Gasteiger partial charge in [-0.2, -0.15) is 21.6 Å². The number of fused-ring (bicyclic) bond motifs is 1. The maximum absolute atomic E-state index is 14.6. The van der Waals surface area contributed by atoms with Crippen LogP contribution in [0.2, 0.25) is 0 Å². The van der Waals surface area contributed by atoms with E-state index in [1.807, 2.05) is 0 Å². The number of aliphatic hydroxyl groups is 1. The molecule has 0 amide bonds. The van der Waals surface area contributed by atoms with Crippen LogP contribution in [0.15, 0.2) is 24.3 Å². The number of carbonyl (C=O) groups excluding carboxylic acids is 1. The first-order valence-electron chi connectivity index (χ1n) is 7.48. The van der Waals surface area contributed by atoms with Gasteiger partial charge < -0.3 is 14.0 Å². The van der Waals surface area contributed by atoms with Crippen LogP contribution in [0.4, 0.5) is 17.6 Å². The number of hydrogen-bond donors (Lipinski definition) is 1. The summed E-state index contributed by atoms with van der Waals surface area (Å²) in [7, 11) is -6.15. The highest BCUT2D eigenvalue weighted by atomic mass is 32.2. The molecule has 2 rings (SSSR count). The number of alkyl halides is 3. The lowest BCUT2D eigenvalue weighted by molar-refractivity contribution is -0.153. The average Bonchev–Trinajstić information content (AvgIpc) is 2.58. The molecule has 2 aromatic carbocycles. The SMILES string of the molecule is CCOC(=O)[C@@H](O)c1c(C)c(F)c2ccccc2c1OS(=O)(=O)C(F)(F)F. The maximum atomic E-state index is 14.6. The standard InChI is InChI=1S/C16H14F4O6S/c1-3-25-15(22)13(21)11-8(2)12(17)9-6-4-5-7-10(9)14(11)26-27(23,24)16(18,19)20/h4-7,13,21H,3H2,1-2H3/t13-/m0/s1. The molecule has 1 atom stereocenters. The molecular weight excluding hydrogens is 396 g/mol. The van der Waals surface area contributed by atoms with E-state index in [0.29, 0.717) is 0 Å². The minimum Gasteiger partial charge on any atom is -0.464 e. The van der Waals surface area contributed by atoms with Crippen molar-refractivity contribution in [3.63, 3.8) is 0 Å². The Labute approximate surface area is 151 Å². The van der Waals surface area contributed by atoms with Gasteiger partial charge in [0.25, 0.3) is 0 Å². The molecule has 0 heterocycles. The molecule has 0 spiro atoms. The van der Waals surface area contributed by atoms with Crippen LogP contribution in [0.3, 0.4) is 0 Å². The van der Waals surface area contributed by atoms with Crippen molar-refractivity contribution in [1.29, 1.82) is 0 Å². The molecule has 148 valence electrons. The van der Waals surface area contributed by atoms with Crippen LogP contribution in [0.25, 0.3) is 10.8 Å². The molecule has 27 heavy (non-hydrogen) atoms. The van der Waals surface area contributed by atoms with Gasteiger partial charge in [0.05, 0.1) is 6.61 Å². The van der Waals surface area contributed by atoms with Crippen LogP contribution in [-0.2, 0) is 19.6 Å². The van der Waals surface area contributed by atoms with Crippen molar-refractivity contribution in [3.05, 3.63) is 41.2 Å². The Hall–Kier alpha value is -2.40. The van der Waals surface area contributed by atoms with E-state index in [1.165, 1.54) is 25.1 Å². The van der Waals surface area contributed by atoms with Crippen LogP contribution in [-0.4, -0.2) is 31.6 Å². The number of ether oxygens (including phenoxy) is 1. The van der Waals surface area contributed by atoms with Crippen molar-refractivity contribution >= 4 is 26.9 Å². The average molecular weight is 410 g/mol. The number of benzene rings is 2. The second-order valence-corrected chi connectivity index (χ2v) is 6.90. The quantitative estimate of drug-likeness (QED) is 0.353. The first-order chi connectivity index (χ1) is 12.4. The molecule has 0 aliphatic heterocycles. The first kappa shape index (κ1) is 20.9. The Kier molecular flexibility index (Phi) is 5.66. The normalized spacial score (nSPS) is 13.4. The molecule has 0 radical (unpaired) electrons. The zero-order valence-electron chi connectivity index (χ0n) is 14.0. The highest BCUT2D eigenvalue weighted by molar-refractivity contribution is 7.88. The van der Waals surface area contributed by atoms with Crippen molar-refractivity contribution in [1.82, 2.24) is 0 Å². The Balaban J connectivity index is 2.84.